The van der Waals surface area contributed by atoms with E-state index in [1.165, 1.54) is 57.0 Å². The van der Waals surface area contributed by atoms with Gasteiger partial charge in [-0.25, -0.2) is 4.79 Å². The molecule has 0 aliphatic heterocycles. The number of imide groups is 1. The van der Waals surface area contributed by atoms with Crippen LogP contribution >= 0.6 is 7.26 Å². The number of rotatable bonds is 13. The van der Waals surface area contributed by atoms with Gasteiger partial charge in [-0.05, 0) is 26.2 Å². The van der Waals surface area contributed by atoms with E-state index in [0.29, 0.717) is 12.2 Å². The molecule has 0 aromatic carbocycles. The Morgan fingerprint density at radius 2 is 1.38 bits per heavy atom. The largest absolute Gasteiger partial charge is 0.445 e. The summed E-state index contributed by atoms with van der Waals surface area (Å²) in [6, 6.07) is 0. The second-order valence-electron chi connectivity index (χ2n) is 6.67. The SMILES string of the molecule is C=C(C)C(=O)NC(=O)OCC[P+](CCCC)(CCCC)CCCC. The molecule has 0 fully saturated rings. The summed E-state index contributed by atoms with van der Waals surface area (Å²) in [5.74, 6) is -0.469. The van der Waals surface area contributed by atoms with Crippen molar-refractivity contribution < 1.29 is 14.3 Å². The van der Waals surface area contributed by atoms with E-state index in [-0.39, 0.29) is 0 Å². The molecule has 0 saturated carbocycles. The minimum absolute atomic E-state index is 0.308. The van der Waals surface area contributed by atoms with Crippen molar-refractivity contribution >= 4 is 19.3 Å². The summed E-state index contributed by atoms with van der Waals surface area (Å²) >= 11 is 0. The van der Waals surface area contributed by atoms with Gasteiger partial charge in [0, 0.05) is 12.8 Å². The minimum atomic E-state index is -1.06. The number of hydrogen-bond acceptors (Lipinski definition) is 3. The van der Waals surface area contributed by atoms with Gasteiger partial charge in [0.25, 0.3) is 5.91 Å². The minimum Gasteiger partial charge on any atom is -0.445 e. The first-order valence-electron chi connectivity index (χ1n) is 9.39. The number of ether oxygens (including phenoxy) is 1. The van der Waals surface area contributed by atoms with Crippen molar-refractivity contribution in [1.82, 2.24) is 5.32 Å². The van der Waals surface area contributed by atoms with Gasteiger partial charge in [0.1, 0.15) is 6.61 Å². The first-order valence-corrected chi connectivity index (χ1v) is 11.9. The van der Waals surface area contributed by atoms with Gasteiger partial charge in [-0.2, -0.15) is 0 Å². The molecule has 5 heteroatoms. The molecular weight excluding hydrogens is 321 g/mol. The van der Waals surface area contributed by atoms with Gasteiger partial charge in [-0.1, -0.05) is 46.6 Å². The summed E-state index contributed by atoms with van der Waals surface area (Å²) in [6.45, 7) is 12.2. The fourth-order valence-corrected chi connectivity index (χ4v) is 7.50. The van der Waals surface area contributed by atoms with Crippen LogP contribution in [0.25, 0.3) is 0 Å². The maximum Gasteiger partial charge on any atom is 0.414 e. The van der Waals surface area contributed by atoms with Crippen LogP contribution in [0, 0.1) is 0 Å². The van der Waals surface area contributed by atoms with E-state index < -0.39 is 19.3 Å². The Bertz CT molecular complexity index is 374. The zero-order valence-corrected chi connectivity index (χ0v) is 17.1. The number of alkyl carbamates (subject to hydrolysis) is 1. The first-order chi connectivity index (χ1) is 11.4. The quantitative estimate of drug-likeness (QED) is 0.362. The molecule has 140 valence electrons. The van der Waals surface area contributed by atoms with E-state index in [1.807, 2.05) is 0 Å². The molecule has 0 unspecified atom stereocenters. The van der Waals surface area contributed by atoms with E-state index >= 15 is 0 Å². The molecule has 0 aliphatic rings. The van der Waals surface area contributed by atoms with Crippen LogP contribution in [0.3, 0.4) is 0 Å². The molecule has 0 bridgehead atoms. The van der Waals surface area contributed by atoms with E-state index in [2.05, 4.69) is 32.7 Å². The van der Waals surface area contributed by atoms with Gasteiger partial charge in [0.05, 0.1) is 24.6 Å². The lowest BCUT2D eigenvalue weighted by atomic mass is 10.3. The highest BCUT2D eigenvalue weighted by Crippen LogP contribution is 2.60. The predicted molar refractivity (Wildman–Crippen MR) is 105 cm³/mol. The van der Waals surface area contributed by atoms with E-state index in [4.69, 9.17) is 4.74 Å². The van der Waals surface area contributed by atoms with Crippen LogP contribution in [0.1, 0.15) is 66.2 Å². The summed E-state index contributed by atoms with van der Waals surface area (Å²) in [6.07, 6.45) is 11.7. The standard InChI is InChI=1S/C19H36NO3P/c1-6-9-13-24(14-10-7-2,15-11-8-3)16-12-23-19(22)20-18(21)17(4)5/h4,6-16H2,1-3,5H3/p+1. The lowest BCUT2D eigenvalue weighted by Crippen LogP contribution is -2.32. The summed E-state index contributed by atoms with van der Waals surface area (Å²) in [4.78, 5) is 23.1. The normalized spacial score (nSPS) is 11.2. The Balaban J connectivity index is 4.62. The molecule has 0 atom stereocenters. The molecule has 0 aromatic rings. The van der Waals surface area contributed by atoms with Crippen LogP contribution in [0.15, 0.2) is 12.2 Å². The van der Waals surface area contributed by atoms with Crippen LogP contribution in [0.2, 0.25) is 0 Å². The van der Waals surface area contributed by atoms with Crippen molar-refractivity contribution in [1.29, 1.82) is 0 Å². The molecule has 0 spiro atoms. The van der Waals surface area contributed by atoms with Gasteiger partial charge in [0.15, 0.2) is 0 Å². The Kier molecular flexibility index (Phi) is 12.9. The summed E-state index contributed by atoms with van der Waals surface area (Å²) in [5, 5.41) is 2.21. The van der Waals surface area contributed by atoms with Crippen LogP contribution in [-0.4, -0.2) is 43.3 Å². The smallest absolute Gasteiger partial charge is 0.414 e. The zero-order valence-electron chi connectivity index (χ0n) is 16.2. The number of carbonyl (C=O) groups is 2. The van der Waals surface area contributed by atoms with Crippen LogP contribution in [0.4, 0.5) is 4.79 Å². The van der Waals surface area contributed by atoms with Gasteiger partial charge in [-0.3, -0.25) is 10.1 Å². The summed E-state index contributed by atoms with van der Waals surface area (Å²) < 4.78 is 5.27. The fraction of sp³-hybridized carbons (Fsp3) is 0.789. The fourth-order valence-electron chi connectivity index (χ4n) is 2.72. The van der Waals surface area contributed by atoms with E-state index in [1.54, 1.807) is 6.92 Å². The Morgan fingerprint density at radius 1 is 0.917 bits per heavy atom. The Morgan fingerprint density at radius 3 is 1.75 bits per heavy atom. The molecule has 1 N–H and O–H groups in total. The van der Waals surface area contributed by atoms with Gasteiger partial charge < -0.3 is 4.74 Å². The van der Waals surface area contributed by atoms with Crippen molar-refractivity contribution in [2.75, 3.05) is 31.3 Å². The monoisotopic (exact) mass is 358 g/mol. The molecule has 4 nitrogen and oxygen atoms in total. The third kappa shape index (κ3) is 10.1. The number of nitrogens with one attached hydrogen (secondary N) is 1. The number of amides is 2. The highest BCUT2D eigenvalue weighted by atomic mass is 31.2. The molecule has 0 radical (unpaired) electrons. The number of unbranched alkanes of at least 4 members (excludes halogenated alkanes) is 3. The highest BCUT2D eigenvalue weighted by molar-refractivity contribution is 7.75. The molecule has 0 heterocycles. The molecule has 0 aromatic heterocycles. The van der Waals surface area contributed by atoms with E-state index in [0.717, 1.165) is 6.16 Å². The first kappa shape index (κ1) is 23.1. The molecule has 0 saturated heterocycles. The summed E-state index contributed by atoms with van der Waals surface area (Å²) in [5.41, 5.74) is 0.308. The van der Waals surface area contributed by atoms with Gasteiger partial charge in [-0.15, -0.1) is 0 Å². The second-order valence-corrected chi connectivity index (χ2v) is 11.1. The van der Waals surface area contributed by atoms with E-state index in [9.17, 15) is 9.59 Å². The maximum absolute atomic E-state index is 11.7. The Labute approximate surface area is 149 Å². The molecule has 24 heavy (non-hydrogen) atoms. The third-order valence-electron chi connectivity index (χ3n) is 4.36. The maximum atomic E-state index is 11.7. The molecule has 0 aliphatic carbocycles. The lowest BCUT2D eigenvalue weighted by Gasteiger charge is -2.27. The average Bonchev–Trinajstić information content (AvgIpc) is 2.55. The van der Waals surface area contributed by atoms with Crippen molar-refractivity contribution in [3.8, 4) is 0 Å². The van der Waals surface area contributed by atoms with Gasteiger partial charge in [0.2, 0.25) is 0 Å². The lowest BCUT2D eigenvalue weighted by molar-refractivity contribution is -0.116. The molecular formula is C19H37NO3P+. The summed E-state index contributed by atoms with van der Waals surface area (Å²) in [7, 11) is -1.06. The topological polar surface area (TPSA) is 55.4 Å². The van der Waals surface area contributed by atoms with Gasteiger partial charge >= 0.3 is 6.09 Å². The molecule has 2 amide bonds. The predicted octanol–water partition coefficient (Wildman–Crippen LogP) is 5.23. The van der Waals surface area contributed by atoms with Crippen LogP contribution < -0.4 is 5.32 Å². The van der Waals surface area contributed by atoms with Crippen molar-refractivity contribution in [2.45, 2.75) is 66.2 Å². The van der Waals surface area contributed by atoms with Crippen molar-refractivity contribution in [3.63, 3.8) is 0 Å². The number of hydrogen-bond donors (Lipinski definition) is 1. The second kappa shape index (κ2) is 13.4. The van der Waals surface area contributed by atoms with Crippen molar-refractivity contribution in [2.24, 2.45) is 0 Å². The van der Waals surface area contributed by atoms with Crippen LogP contribution in [-0.2, 0) is 9.53 Å². The zero-order chi connectivity index (χ0) is 18.4. The third-order valence-corrected chi connectivity index (χ3v) is 9.29. The molecule has 0 rings (SSSR count). The highest BCUT2D eigenvalue weighted by Gasteiger charge is 2.35. The van der Waals surface area contributed by atoms with Crippen molar-refractivity contribution in [3.05, 3.63) is 12.2 Å². The average molecular weight is 358 g/mol. The Hall–Kier alpha value is -0.890. The van der Waals surface area contributed by atoms with Crippen LogP contribution in [0.5, 0.6) is 0 Å². The number of carbonyl (C=O) groups excluding carboxylic acids is 2.